The van der Waals surface area contributed by atoms with Crippen LogP contribution in [0.15, 0.2) is 90.9 Å². The first-order valence-corrected chi connectivity index (χ1v) is 13.6. The maximum absolute atomic E-state index is 12.5. The van der Waals surface area contributed by atoms with Crippen molar-refractivity contribution in [1.29, 1.82) is 0 Å². The summed E-state index contributed by atoms with van der Waals surface area (Å²) in [5.74, 6) is 0.149. The fraction of sp³-hybridized carbons (Fsp3) is 0.0800. The lowest BCUT2D eigenvalue weighted by atomic mass is 10.1. The molecule has 4 rings (SSSR count). The number of amides is 1. The number of nitrogen functional groups attached to an aromatic ring is 1. The number of ether oxygens (including phenoxy) is 1. The Bertz CT molecular complexity index is 1460. The van der Waals surface area contributed by atoms with Gasteiger partial charge in [0.05, 0.1) is 17.7 Å². The first-order chi connectivity index (χ1) is 18.6. The number of rotatable bonds is 7. The van der Waals surface area contributed by atoms with E-state index in [0.29, 0.717) is 27.9 Å². The number of nitrogens with one attached hydrogen (secondary N) is 1. The van der Waals surface area contributed by atoms with E-state index in [-0.39, 0.29) is 17.4 Å². The van der Waals surface area contributed by atoms with Crippen molar-refractivity contribution in [2.24, 2.45) is 20.9 Å². The summed E-state index contributed by atoms with van der Waals surface area (Å²) in [5, 5.41) is 8.86. The Morgan fingerprint density at radius 1 is 1.05 bits per heavy atom. The Labute approximate surface area is 241 Å². The number of alkyl halides is 3. The van der Waals surface area contributed by atoms with E-state index in [0.717, 1.165) is 14.5 Å². The fourth-order valence-electron chi connectivity index (χ4n) is 3.25. The lowest BCUT2D eigenvalue weighted by molar-refractivity contribution is -0.303. The fourth-order valence-corrected chi connectivity index (χ4v) is 5.41. The van der Waals surface area contributed by atoms with E-state index in [9.17, 15) is 18.0 Å². The molecular weight excluding hydrogens is 665 g/mol. The molecule has 14 heteroatoms. The topological polar surface area (TPSA) is 107 Å². The number of benzene rings is 3. The number of halogens is 5. The van der Waals surface area contributed by atoms with E-state index in [4.69, 9.17) is 5.73 Å². The Balaban J connectivity index is 1.39. The highest BCUT2D eigenvalue weighted by molar-refractivity contribution is 9.11. The summed E-state index contributed by atoms with van der Waals surface area (Å²) >= 11 is 8.27. The summed E-state index contributed by atoms with van der Waals surface area (Å²) in [7, 11) is 0. The SMILES string of the molecule is NC(=[NH+]C=Nc1ccc(OC(F)(F)F)cc1)c1ccc(/C=N/N=C2\SCC(=O)N2c2c(Br)cccc2Br)cc1. The highest BCUT2D eigenvalue weighted by Crippen LogP contribution is 2.38. The first kappa shape index (κ1) is 28.5. The molecule has 8 nitrogen and oxygen atoms in total. The molecule has 0 atom stereocenters. The number of nitrogens with zero attached hydrogens (tertiary/aromatic N) is 4. The van der Waals surface area contributed by atoms with Gasteiger partial charge in [-0.25, -0.2) is 4.99 Å². The van der Waals surface area contributed by atoms with Gasteiger partial charge < -0.3 is 10.5 Å². The van der Waals surface area contributed by atoms with Crippen LogP contribution in [0.2, 0.25) is 0 Å². The van der Waals surface area contributed by atoms with Crippen LogP contribution < -0.4 is 20.4 Å². The molecule has 1 saturated heterocycles. The summed E-state index contributed by atoms with van der Waals surface area (Å²) in [6.45, 7) is 0. The highest BCUT2D eigenvalue weighted by atomic mass is 79.9. The van der Waals surface area contributed by atoms with Crippen LogP contribution in [0.3, 0.4) is 0 Å². The number of anilines is 1. The predicted octanol–water partition coefficient (Wildman–Crippen LogP) is 4.73. The van der Waals surface area contributed by atoms with Gasteiger partial charge in [-0.05, 0) is 86.0 Å². The smallest absolute Gasteiger partial charge is 0.406 e. The molecule has 0 saturated carbocycles. The average molecular weight is 683 g/mol. The van der Waals surface area contributed by atoms with Gasteiger partial charge in [-0.1, -0.05) is 30.0 Å². The van der Waals surface area contributed by atoms with Crippen molar-refractivity contribution in [3.05, 3.63) is 86.8 Å². The zero-order valence-corrected chi connectivity index (χ0v) is 23.7. The number of nitrogens with two attached hydrogens (primary N) is 1. The molecule has 0 unspecified atom stereocenters. The monoisotopic (exact) mass is 681 g/mol. The number of aliphatic imine (C=N–C) groups is 1. The van der Waals surface area contributed by atoms with Gasteiger partial charge in [0, 0.05) is 14.5 Å². The molecule has 3 aromatic rings. The van der Waals surface area contributed by atoms with Crippen LogP contribution in [-0.2, 0) is 4.79 Å². The van der Waals surface area contributed by atoms with Gasteiger partial charge in [-0.15, -0.1) is 23.3 Å². The average Bonchev–Trinajstić information content (AvgIpc) is 3.24. The molecule has 1 fully saturated rings. The third kappa shape index (κ3) is 7.77. The number of thioether (sulfide) groups is 1. The van der Waals surface area contributed by atoms with Crippen molar-refractivity contribution in [3.8, 4) is 5.75 Å². The molecule has 200 valence electrons. The van der Waals surface area contributed by atoms with E-state index < -0.39 is 6.36 Å². The Hall–Kier alpha value is -3.49. The number of hydrogen-bond acceptors (Lipinski definition) is 6. The van der Waals surface area contributed by atoms with Crippen molar-refractivity contribution in [2.45, 2.75) is 6.36 Å². The van der Waals surface area contributed by atoms with E-state index in [1.165, 1.54) is 47.3 Å². The summed E-state index contributed by atoms with van der Waals surface area (Å²) < 4.78 is 42.1. The number of carbonyl (C=O) groups excluding carboxylic acids is 1. The minimum Gasteiger partial charge on any atom is -0.406 e. The zero-order chi connectivity index (χ0) is 28.0. The number of carbonyl (C=O) groups is 1. The minimum absolute atomic E-state index is 0.0968. The van der Waals surface area contributed by atoms with Crippen LogP contribution in [0.5, 0.6) is 5.75 Å². The Morgan fingerprint density at radius 2 is 1.72 bits per heavy atom. The Morgan fingerprint density at radius 3 is 2.36 bits per heavy atom. The molecule has 1 aliphatic rings. The quantitative estimate of drug-likeness (QED) is 0.214. The third-order valence-corrected chi connectivity index (χ3v) is 7.20. The largest absolute Gasteiger partial charge is 0.573 e. The van der Waals surface area contributed by atoms with Crippen molar-refractivity contribution in [2.75, 3.05) is 10.7 Å². The summed E-state index contributed by atoms with van der Waals surface area (Å²) in [6, 6.07) is 17.8. The van der Waals surface area contributed by atoms with Gasteiger partial charge in [0.2, 0.25) is 18.1 Å². The van der Waals surface area contributed by atoms with Crippen LogP contribution in [0, 0.1) is 0 Å². The van der Waals surface area contributed by atoms with Gasteiger partial charge in [-0.2, -0.15) is 5.10 Å². The molecule has 3 N–H and O–H groups in total. The number of para-hydroxylation sites is 1. The van der Waals surface area contributed by atoms with E-state index in [1.807, 2.05) is 18.2 Å². The van der Waals surface area contributed by atoms with E-state index in [1.54, 1.807) is 30.5 Å². The molecule has 39 heavy (non-hydrogen) atoms. The molecule has 1 heterocycles. The van der Waals surface area contributed by atoms with Crippen LogP contribution in [0.25, 0.3) is 0 Å². The maximum Gasteiger partial charge on any atom is 0.573 e. The molecular formula is C25H18Br2F3N6O2S+. The first-order valence-electron chi connectivity index (χ1n) is 11.0. The molecule has 1 aliphatic heterocycles. The van der Waals surface area contributed by atoms with Crippen molar-refractivity contribution in [1.82, 2.24) is 0 Å². The summed E-state index contributed by atoms with van der Waals surface area (Å²) in [6.07, 6.45) is -1.86. The second kappa shape index (κ2) is 12.6. The van der Waals surface area contributed by atoms with Gasteiger partial charge >= 0.3 is 6.36 Å². The number of hydrogen-bond donors (Lipinski definition) is 2. The van der Waals surface area contributed by atoms with Crippen LogP contribution in [0.4, 0.5) is 24.5 Å². The van der Waals surface area contributed by atoms with Crippen LogP contribution in [0.1, 0.15) is 11.1 Å². The zero-order valence-electron chi connectivity index (χ0n) is 19.7. The molecule has 0 aromatic heterocycles. The molecule has 1 amide bonds. The molecule has 3 aromatic carbocycles. The van der Waals surface area contributed by atoms with Gasteiger partial charge in [0.1, 0.15) is 11.4 Å². The van der Waals surface area contributed by atoms with Crippen LogP contribution in [-0.4, -0.2) is 41.6 Å². The second-order valence-corrected chi connectivity index (χ2v) is 10.3. The lowest BCUT2D eigenvalue weighted by Crippen LogP contribution is -2.74. The lowest BCUT2D eigenvalue weighted by Gasteiger charge is -2.18. The maximum atomic E-state index is 12.5. The third-order valence-electron chi connectivity index (χ3n) is 5.00. The van der Waals surface area contributed by atoms with Crippen LogP contribution >= 0.6 is 43.6 Å². The molecule has 0 spiro atoms. The summed E-state index contributed by atoms with van der Waals surface area (Å²) in [5.41, 5.74) is 8.57. The minimum atomic E-state index is -4.75. The van der Waals surface area contributed by atoms with Gasteiger partial charge in [-0.3, -0.25) is 9.69 Å². The van der Waals surface area contributed by atoms with Crippen molar-refractivity contribution >= 4 is 84.5 Å². The second-order valence-electron chi connectivity index (χ2n) is 7.70. The normalized spacial score (nSPS) is 15.7. The standard InChI is InChI=1S/C25H17Br2F3N6O2S/c26-19-2-1-3-20(27)22(19)36-21(37)13-39-24(36)35-34-12-15-4-6-16(7-5-15)23(31)33-14-32-17-8-10-18(11-9-17)38-25(28,29)30/h1-12,14H,13H2,(H2,31,32,33)/p+1/b34-12+,35-24-. The van der Waals surface area contributed by atoms with Crippen molar-refractivity contribution in [3.63, 3.8) is 0 Å². The number of amidine groups is 2. The highest BCUT2D eigenvalue weighted by Gasteiger charge is 2.32. The van der Waals surface area contributed by atoms with E-state index >= 15 is 0 Å². The Kier molecular flexibility index (Phi) is 9.20. The molecule has 0 aliphatic carbocycles. The van der Waals surface area contributed by atoms with E-state index in [2.05, 4.69) is 56.8 Å². The van der Waals surface area contributed by atoms with Gasteiger partial charge in [0.25, 0.3) is 0 Å². The predicted molar refractivity (Wildman–Crippen MR) is 154 cm³/mol. The van der Waals surface area contributed by atoms with Crippen molar-refractivity contribution < 1.29 is 27.7 Å². The summed E-state index contributed by atoms with van der Waals surface area (Å²) in [4.78, 5) is 20.9. The molecule has 0 radical (unpaired) electrons. The molecule has 0 bridgehead atoms. The van der Waals surface area contributed by atoms with Gasteiger partial charge in [0.15, 0.2) is 5.17 Å².